The fraction of sp³-hybridized carbons (Fsp3) is 0.875. The number of carbonyl (C=O) groups excluding carboxylic acids is 1. The van der Waals surface area contributed by atoms with Crippen molar-refractivity contribution in [1.82, 2.24) is 0 Å². The van der Waals surface area contributed by atoms with E-state index >= 15 is 0 Å². The number of esters is 1. The van der Waals surface area contributed by atoms with Crippen molar-refractivity contribution in [2.75, 3.05) is 6.61 Å². The van der Waals surface area contributed by atoms with E-state index in [9.17, 15) is 4.79 Å². The molecule has 2 heteroatoms. The third-order valence-corrected chi connectivity index (χ3v) is 8.59. The first kappa shape index (κ1) is 41.0. The van der Waals surface area contributed by atoms with Gasteiger partial charge < -0.3 is 4.74 Å². The van der Waals surface area contributed by atoms with Crippen LogP contribution in [0.1, 0.15) is 219 Å². The molecule has 0 radical (unpaired) electrons. The van der Waals surface area contributed by atoms with Gasteiger partial charge in [-0.3, -0.25) is 4.79 Å². The monoisotopic (exact) mass is 589 g/mol. The maximum absolute atomic E-state index is 11.9. The summed E-state index contributed by atoms with van der Waals surface area (Å²) >= 11 is 0. The average Bonchev–Trinajstić information content (AvgIpc) is 3.00. The largest absolute Gasteiger partial charge is 0.466 e. The molecule has 0 N–H and O–H groups in total. The van der Waals surface area contributed by atoms with Gasteiger partial charge in [0, 0.05) is 6.42 Å². The van der Waals surface area contributed by atoms with Crippen molar-refractivity contribution >= 4 is 5.97 Å². The van der Waals surface area contributed by atoms with Crippen molar-refractivity contribution in [3.8, 4) is 0 Å². The highest BCUT2D eigenvalue weighted by atomic mass is 16.5. The fourth-order valence-electron chi connectivity index (χ4n) is 5.70. The van der Waals surface area contributed by atoms with Gasteiger partial charge in [-0.05, 0) is 44.9 Å². The molecular weight excluding hydrogens is 512 g/mol. The first-order valence-corrected chi connectivity index (χ1v) is 19.3. The fourth-order valence-corrected chi connectivity index (χ4v) is 5.70. The van der Waals surface area contributed by atoms with E-state index in [2.05, 4.69) is 38.2 Å². The van der Waals surface area contributed by atoms with Gasteiger partial charge in [0.15, 0.2) is 0 Å². The minimum absolute atomic E-state index is 0.00517. The van der Waals surface area contributed by atoms with E-state index in [1.165, 1.54) is 167 Å². The molecule has 0 saturated carbocycles. The molecule has 0 heterocycles. The van der Waals surface area contributed by atoms with E-state index in [0.29, 0.717) is 13.0 Å². The van der Waals surface area contributed by atoms with Crippen LogP contribution in [0.15, 0.2) is 24.3 Å². The maximum atomic E-state index is 11.9. The molecule has 0 aromatic heterocycles. The Morgan fingerprint density at radius 1 is 0.405 bits per heavy atom. The van der Waals surface area contributed by atoms with E-state index in [1.54, 1.807) is 0 Å². The number of allylic oxidation sites excluding steroid dienone is 4. The Bertz CT molecular complexity index is 564. The highest BCUT2D eigenvalue weighted by Crippen LogP contribution is 2.15. The van der Waals surface area contributed by atoms with Crippen LogP contribution >= 0.6 is 0 Å². The van der Waals surface area contributed by atoms with Gasteiger partial charge in [0.05, 0.1) is 6.61 Å². The number of ether oxygens (including phenoxy) is 1. The lowest BCUT2D eigenvalue weighted by atomic mass is 10.0. The van der Waals surface area contributed by atoms with Gasteiger partial charge in [-0.15, -0.1) is 0 Å². The van der Waals surface area contributed by atoms with Crippen LogP contribution in [0.2, 0.25) is 0 Å². The molecule has 2 nitrogen and oxygen atoms in total. The minimum Gasteiger partial charge on any atom is -0.466 e. The van der Waals surface area contributed by atoms with Crippen LogP contribution in [0.5, 0.6) is 0 Å². The molecule has 0 amide bonds. The number of hydrogen-bond donors (Lipinski definition) is 0. The molecule has 0 atom stereocenters. The van der Waals surface area contributed by atoms with Crippen LogP contribution < -0.4 is 0 Å². The second kappa shape index (κ2) is 38.0. The molecule has 248 valence electrons. The van der Waals surface area contributed by atoms with Crippen molar-refractivity contribution in [1.29, 1.82) is 0 Å². The molecule has 0 aliphatic carbocycles. The Labute approximate surface area is 265 Å². The highest BCUT2D eigenvalue weighted by Gasteiger charge is 2.02. The summed E-state index contributed by atoms with van der Waals surface area (Å²) in [7, 11) is 0. The Kier molecular flexibility index (Phi) is 37.0. The third kappa shape index (κ3) is 37.0. The summed E-state index contributed by atoms with van der Waals surface area (Å²) in [4.78, 5) is 11.9. The number of hydrogen-bond acceptors (Lipinski definition) is 2. The van der Waals surface area contributed by atoms with Gasteiger partial charge in [0.1, 0.15) is 0 Å². The first-order valence-electron chi connectivity index (χ1n) is 19.3. The summed E-state index contributed by atoms with van der Waals surface area (Å²) in [5.41, 5.74) is 0. The molecule has 0 spiro atoms. The standard InChI is InChI=1S/C40H76O2/c1-3-5-7-9-11-13-15-17-19-20-21-22-23-25-27-29-31-33-35-37-39-42-40(41)38-36-34-32-30-28-26-24-18-16-14-12-10-8-6-4-2/h18,24,28,30H,3-17,19-23,25-27,29,31-39H2,1-2H3/b24-18+,30-28+. The van der Waals surface area contributed by atoms with Crippen LogP contribution in [-0.4, -0.2) is 12.6 Å². The zero-order valence-corrected chi connectivity index (χ0v) is 29.0. The first-order chi connectivity index (χ1) is 20.8. The summed E-state index contributed by atoms with van der Waals surface area (Å²) in [5, 5.41) is 0. The van der Waals surface area contributed by atoms with Gasteiger partial charge in [0.25, 0.3) is 0 Å². The second-order valence-corrected chi connectivity index (χ2v) is 12.9. The van der Waals surface area contributed by atoms with Gasteiger partial charge >= 0.3 is 5.97 Å². The predicted octanol–water partition coefficient (Wildman–Crippen LogP) is 14.2. The van der Waals surface area contributed by atoms with E-state index in [-0.39, 0.29) is 5.97 Å². The highest BCUT2D eigenvalue weighted by molar-refractivity contribution is 5.69. The van der Waals surface area contributed by atoms with Crippen molar-refractivity contribution in [2.24, 2.45) is 0 Å². The summed E-state index contributed by atoms with van der Waals surface area (Å²) in [6.45, 7) is 5.18. The lowest BCUT2D eigenvalue weighted by molar-refractivity contribution is -0.143. The van der Waals surface area contributed by atoms with Gasteiger partial charge in [-0.25, -0.2) is 0 Å². The summed E-state index contributed by atoms with van der Waals surface area (Å²) in [6, 6.07) is 0. The summed E-state index contributed by atoms with van der Waals surface area (Å²) in [5.74, 6) is -0.00517. The van der Waals surface area contributed by atoms with Gasteiger partial charge in [0.2, 0.25) is 0 Å². The summed E-state index contributed by atoms with van der Waals surface area (Å²) in [6.07, 6.45) is 51.1. The summed E-state index contributed by atoms with van der Waals surface area (Å²) < 4.78 is 5.43. The van der Waals surface area contributed by atoms with Crippen LogP contribution in [0.25, 0.3) is 0 Å². The molecule has 0 aliphatic heterocycles. The molecule has 0 aromatic rings. The van der Waals surface area contributed by atoms with Crippen LogP contribution in [0, 0.1) is 0 Å². The van der Waals surface area contributed by atoms with Gasteiger partial charge in [-0.1, -0.05) is 192 Å². The predicted molar refractivity (Wildman–Crippen MR) is 188 cm³/mol. The molecule has 0 bridgehead atoms. The zero-order valence-electron chi connectivity index (χ0n) is 29.0. The normalized spacial score (nSPS) is 11.8. The van der Waals surface area contributed by atoms with E-state index < -0.39 is 0 Å². The Balaban J connectivity index is 3.22. The molecule has 0 saturated heterocycles. The van der Waals surface area contributed by atoms with Crippen LogP contribution in [0.3, 0.4) is 0 Å². The van der Waals surface area contributed by atoms with Crippen LogP contribution in [0.4, 0.5) is 0 Å². The average molecular weight is 589 g/mol. The van der Waals surface area contributed by atoms with E-state index in [0.717, 1.165) is 32.1 Å². The lowest BCUT2D eigenvalue weighted by Gasteiger charge is -2.05. The number of carbonyl (C=O) groups is 1. The molecule has 0 unspecified atom stereocenters. The Morgan fingerprint density at radius 2 is 0.738 bits per heavy atom. The Morgan fingerprint density at radius 3 is 1.14 bits per heavy atom. The second-order valence-electron chi connectivity index (χ2n) is 12.9. The number of rotatable bonds is 35. The Hall–Kier alpha value is -1.05. The smallest absolute Gasteiger partial charge is 0.305 e. The maximum Gasteiger partial charge on any atom is 0.305 e. The van der Waals surface area contributed by atoms with Crippen molar-refractivity contribution in [3.63, 3.8) is 0 Å². The zero-order chi connectivity index (χ0) is 30.4. The van der Waals surface area contributed by atoms with Crippen molar-refractivity contribution in [3.05, 3.63) is 24.3 Å². The molecular formula is C40H76O2. The SMILES string of the molecule is CCCCCCCC/C=C/C/C=C/CCCCC(=O)OCCCCCCCCCCCCCCCCCCCCCC. The van der Waals surface area contributed by atoms with Gasteiger partial charge in [-0.2, -0.15) is 0 Å². The van der Waals surface area contributed by atoms with Crippen molar-refractivity contribution in [2.45, 2.75) is 219 Å². The third-order valence-electron chi connectivity index (χ3n) is 8.59. The molecule has 0 aromatic carbocycles. The van der Waals surface area contributed by atoms with E-state index in [1.807, 2.05) is 0 Å². The topological polar surface area (TPSA) is 26.3 Å². The molecule has 0 aliphatic rings. The minimum atomic E-state index is -0.00517. The molecule has 0 fully saturated rings. The lowest BCUT2D eigenvalue weighted by Crippen LogP contribution is -2.05. The van der Waals surface area contributed by atoms with Crippen molar-refractivity contribution < 1.29 is 9.53 Å². The number of unbranched alkanes of at least 4 members (excludes halogenated alkanes) is 27. The molecule has 42 heavy (non-hydrogen) atoms. The van der Waals surface area contributed by atoms with E-state index in [4.69, 9.17) is 4.74 Å². The quantitative estimate of drug-likeness (QED) is 0.0418. The van der Waals surface area contributed by atoms with Crippen LogP contribution in [-0.2, 0) is 9.53 Å². The molecule has 0 rings (SSSR count).